The van der Waals surface area contributed by atoms with E-state index < -0.39 is 0 Å². The van der Waals surface area contributed by atoms with Gasteiger partial charge in [-0.1, -0.05) is 25.1 Å². The standard InChI is InChI=1S/C16H22N2O2/c1-11(10-19)12(2)17-9-14-8-7-13-5-4-6-15(20-3)16(13)18-14/h4-8,11-12,17,19H,9-10H2,1-3H3. The van der Waals surface area contributed by atoms with Crippen LogP contribution in [-0.2, 0) is 6.54 Å². The van der Waals surface area contributed by atoms with E-state index in [-0.39, 0.29) is 18.6 Å². The Morgan fingerprint density at radius 3 is 2.75 bits per heavy atom. The molecule has 2 unspecified atom stereocenters. The lowest BCUT2D eigenvalue weighted by Crippen LogP contribution is -2.33. The van der Waals surface area contributed by atoms with Crippen molar-refractivity contribution in [2.45, 2.75) is 26.4 Å². The largest absolute Gasteiger partial charge is 0.494 e. The summed E-state index contributed by atoms with van der Waals surface area (Å²) in [7, 11) is 1.66. The highest BCUT2D eigenvalue weighted by molar-refractivity contribution is 5.84. The number of aliphatic hydroxyl groups excluding tert-OH is 1. The SMILES string of the molecule is COc1cccc2ccc(CNC(C)C(C)CO)nc12. The van der Waals surface area contributed by atoms with Crippen LogP contribution in [0.3, 0.4) is 0 Å². The minimum atomic E-state index is 0.188. The van der Waals surface area contributed by atoms with Crippen LogP contribution in [0.1, 0.15) is 19.5 Å². The van der Waals surface area contributed by atoms with Crippen molar-refractivity contribution in [1.82, 2.24) is 10.3 Å². The molecule has 4 heteroatoms. The number of hydrogen-bond acceptors (Lipinski definition) is 4. The third kappa shape index (κ3) is 3.26. The van der Waals surface area contributed by atoms with E-state index in [1.54, 1.807) is 7.11 Å². The summed E-state index contributed by atoms with van der Waals surface area (Å²) in [4.78, 5) is 4.65. The van der Waals surface area contributed by atoms with Crippen LogP contribution < -0.4 is 10.1 Å². The summed E-state index contributed by atoms with van der Waals surface area (Å²) in [6.45, 7) is 4.96. The van der Waals surface area contributed by atoms with E-state index in [0.29, 0.717) is 6.54 Å². The van der Waals surface area contributed by atoms with E-state index in [0.717, 1.165) is 22.3 Å². The monoisotopic (exact) mass is 274 g/mol. The van der Waals surface area contributed by atoms with E-state index in [1.807, 2.05) is 31.2 Å². The molecule has 0 aliphatic carbocycles. The first-order valence-electron chi connectivity index (χ1n) is 6.92. The van der Waals surface area contributed by atoms with Crippen molar-refractivity contribution < 1.29 is 9.84 Å². The van der Waals surface area contributed by atoms with Gasteiger partial charge in [0.15, 0.2) is 0 Å². The second-order valence-electron chi connectivity index (χ2n) is 5.16. The number of aromatic nitrogens is 1. The molecule has 0 saturated heterocycles. The Hall–Kier alpha value is -1.65. The third-order valence-electron chi connectivity index (χ3n) is 3.71. The fourth-order valence-electron chi connectivity index (χ4n) is 2.05. The van der Waals surface area contributed by atoms with Crippen LogP contribution in [0.4, 0.5) is 0 Å². The number of fused-ring (bicyclic) bond motifs is 1. The van der Waals surface area contributed by atoms with Gasteiger partial charge in [-0.2, -0.15) is 0 Å². The van der Waals surface area contributed by atoms with Crippen LogP contribution in [-0.4, -0.2) is 29.8 Å². The van der Waals surface area contributed by atoms with Gasteiger partial charge < -0.3 is 15.2 Å². The van der Waals surface area contributed by atoms with E-state index in [4.69, 9.17) is 9.84 Å². The number of ether oxygens (including phenoxy) is 1. The molecule has 2 N–H and O–H groups in total. The lowest BCUT2D eigenvalue weighted by Gasteiger charge is -2.19. The van der Waals surface area contributed by atoms with Crippen molar-refractivity contribution in [2.75, 3.05) is 13.7 Å². The van der Waals surface area contributed by atoms with E-state index >= 15 is 0 Å². The van der Waals surface area contributed by atoms with Crippen LogP contribution in [0.2, 0.25) is 0 Å². The minimum absolute atomic E-state index is 0.188. The van der Waals surface area contributed by atoms with Crippen molar-refractivity contribution in [3.63, 3.8) is 0 Å². The topological polar surface area (TPSA) is 54.4 Å². The average Bonchev–Trinajstić information content (AvgIpc) is 2.50. The Morgan fingerprint density at radius 1 is 1.25 bits per heavy atom. The zero-order chi connectivity index (χ0) is 14.5. The summed E-state index contributed by atoms with van der Waals surface area (Å²) in [6, 6.07) is 10.2. The van der Waals surface area contributed by atoms with Crippen molar-refractivity contribution in [1.29, 1.82) is 0 Å². The molecule has 2 rings (SSSR count). The Bertz CT molecular complexity index is 571. The second kappa shape index (κ2) is 6.68. The first-order valence-corrected chi connectivity index (χ1v) is 6.92. The fraction of sp³-hybridized carbons (Fsp3) is 0.438. The maximum atomic E-state index is 9.14. The summed E-state index contributed by atoms with van der Waals surface area (Å²) in [5.41, 5.74) is 1.86. The highest BCUT2D eigenvalue weighted by atomic mass is 16.5. The third-order valence-corrected chi connectivity index (χ3v) is 3.71. The van der Waals surface area contributed by atoms with E-state index in [2.05, 4.69) is 23.3 Å². The van der Waals surface area contributed by atoms with Gasteiger partial charge in [-0.3, -0.25) is 0 Å². The summed E-state index contributed by atoms with van der Waals surface area (Å²) in [6.07, 6.45) is 0. The Labute approximate surface area is 119 Å². The minimum Gasteiger partial charge on any atom is -0.494 e. The number of rotatable bonds is 6. The smallest absolute Gasteiger partial charge is 0.145 e. The van der Waals surface area contributed by atoms with Crippen LogP contribution in [0, 0.1) is 5.92 Å². The molecule has 0 aliphatic heterocycles. The van der Waals surface area contributed by atoms with Gasteiger partial charge >= 0.3 is 0 Å². The molecular weight excluding hydrogens is 252 g/mol. The van der Waals surface area contributed by atoms with E-state index in [1.165, 1.54) is 0 Å². The molecule has 20 heavy (non-hydrogen) atoms. The van der Waals surface area contributed by atoms with Crippen molar-refractivity contribution >= 4 is 10.9 Å². The van der Waals surface area contributed by atoms with Gasteiger partial charge in [0, 0.05) is 24.6 Å². The molecule has 2 atom stereocenters. The second-order valence-corrected chi connectivity index (χ2v) is 5.16. The normalized spacial score (nSPS) is 14.2. The van der Waals surface area contributed by atoms with Gasteiger partial charge in [-0.25, -0.2) is 4.98 Å². The molecule has 0 fully saturated rings. The molecule has 0 bridgehead atoms. The number of benzene rings is 1. The molecule has 0 amide bonds. The summed E-state index contributed by atoms with van der Waals surface area (Å²) >= 11 is 0. The summed E-state index contributed by atoms with van der Waals surface area (Å²) in [5, 5.41) is 13.6. The maximum absolute atomic E-state index is 9.14. The van der Waals surface area contributed by atoms with Crippen LogP contribution in [0.5, 0.6) is 5.75 Å². The predicted molar refractivity (Wildman–Crippen MR) is 80.8 cm³/mol. The zero-order valence-electron chi connectivity index (χ0n) is 12.3. The highest BCUT2D eigenvalue weighted by Crippen LogP contribution is 2.23. The maximum Gasteiger partial charge on any atom is 0.145 e. The van der Waals surface area contributed by atoms with Crippen LogP contribution in [0.25, 0.3) is 10.9 Å². The van der Waals surface area contributed by atoms with Gasteiger partial charge in [-0.05, 0) is 25.0 Å². The number of methoxy groups -OCH3 is 1. The summed E-state index contributed by atoms with van der Waals surface area (Å²) < 4.78 is 5.35. The molecule has 1 heterocycles. The molecule has 0 spiro atoms. The Balaban J connectivity index is 2.15. The Kier molecular flexibility index (Phi) is 4.93. The molecule has 1 aromatic heterocycles. The summed E-state index contributed by atoms with van der Waals surface area (Å²) in [5.74, 6) is 1.02. The molecule has 0 aliphatic rings. The lowest BCUT2D eigenvalue weighted by molar-refractivity contribution is 0.207. The van der Waals surface area contributed by atoms with Gasteiger partial charge in [0.25, 0.3) is 0 Å². The molecule has 1 aromatic carbocycles. The zero-order valence-corrected chi connectivity index (χ0v) is 12.3. The van der Waals surface area contributed by atoms with Crippen molar-refractivity contribution in [2.24, 2.45) is 5.92 Å². The molecular formula is C16H22N2O2. The first-order chi connectivity index (χ1) is 9.65. The predicted octanol–water partition coefficient (Wildman–Crippen LogP) is 2.35. The molecule has 108 valence electrons. The Morgan fingerprint density at radius 2 is 2.05 bits per heavy atom. The molecule has 2 aromatic rings. The fourth-order valence-corrected chi connectivity index (χ4v) is 2.05. The number of hydrogen-bond donors (Lipinski definition) is 2. The number of aliphatic hydroxyl groups is 1. The van der Waals surface area contributed by atoms with Crippen LogP contribution in [0.15, 0.2) is 30.3 Å². The molecule has 0 radical (unpaired) electrons. The lowest BCUT2D eigenvalue weighted by atomic mass is 10.1. The van der Waals surface area contributed by atoms with Crippen molar-refractivity contribution in [3.05, 3.63) is 36.0 Å². The number of nitrogens with one attached hydrogen (secondary N) is 1. The highest BCUT2D eigenvalue weighted by Gasteiger charge is 2.11. The van der Waals surface area contributed by atoms with Gasteiger partial charge in [0.1, 0.15) is 11.3 Å². The quantitative estimate of drug-likeness (QED) is 0.849. The number of nitrogens with zero attached hydrogens (tertiary/aromatic N) is 1. The van der Waals surface area contributed by atoms with Gasteiger partial charge in [-0.15, -0.1) is 0 Å². The van der Waals surface area contributed by atoms with Gasteiger partial charge in [0.2, 0.25) is 0 Å². The van der Waals surface area contributed by atoms with Gasteiger partial charge in [0.05, 0.1) is 12.8 Å². The van der Waals surface area contributed by atoms with Crippen LogP contribution >= 0.6 is 0 Å². The first kappa shape index (κ1) is 14.8. The number of pyridine rings is 1. The number of para-hydroxylation sites is 1. The average molecular weight is 274 g/mol. The molecule has 0 saturated carbocycles. The molecule has 4 nitrogen and oxygen atoms in total. The van der Waals surface area contributed by atoms with Crippen molar-refractivity contribution in [3.8, 4) is 5.75 Å². The van der Waals surface area contributed by atoms with E-state index in [9.17, 15) is 0 Å².